The van der Waals surface area contributed by atoms with Crippen LogP contribution in [0.25, 0.3) is 0 Å². The zero-order chi connectivity index (χ0) is 13.1. The topological polar surface area (TPSA) is 36.0 Å². The van der Waals surface area contributed by atoms with Crippen LogP contribution in [-0.2, 0) is 5.41 Å². The summed E-state index contributed by atoms with van der Waals surface area (Å²) < 4.78 is 0. The summed E-state index contributed by atoms with van der Waals surface area (Å²) in [5.41, 5.74) is 0.581. The first-order valence-electron chi connectivity index (χ1n) is 6.97. The predicted octanol–water partition coefficient (Wildman–Crippen LogP) is 3.24. The van der Waals surface area contributed by atoms with Crippen LogP contribution >= 0.6 is 0 Å². The minimum Gasteiger partial charge on any atom is -0.395 e. The Bertz CT molecular complexity index is 403. The number of hydrogen-bond acceptors (Lipinski definition) is 1. The molecule has 98 valence electrons. The van der Waals surface area contributed by atoms with Gasteiger partial charge in [0, 0.05) is 22.7 Å². The molecule has 1 atom stereocenters. The summed E-state index contributed by atoms with van der Waals surface area (Å²) in [4.78, 5) is 3.28. The molecule has 0 saturated heterocycles. The highest BCUT2D eigenvalue weighted by Gasteiger charge is 2.50. The fraction of sp³-hybridized carbons (Fsp3) is 0.625. The summed E-state index contributed by atoms with van der Waals surface area (Å²) >= 11 is 0. The number of rotatable bonds is 4. The molecular weight excluding hydrogens is 222 g/mol. The van der Waals surface area contributed by atoms with Crippen molar-refractivity contribution < 1.29 is 5.11 Å². The molecule has 1 aliphatic carbocycles. The van der Waals surface area contributed by atoms with Crippen molar-refractivity contribution in [2.75, 3.05) is 6.61 Å². The first-order chi connectivity index (χ1) is 8.74. The average molecular weight is 245 g/mol. The van der Waals surface area contributed by atoms with Gasteiger partial charge in [0.25, 0.3) is 0 Å². The third-order valence-corrected chi connectivity index (χ3v) is 4.89. The number of nitrogens with one attached hydrogen (secondary N) is 1. The van der Waals surface area contributed by atoms with Gasteiger partial charge < -0.3 is 10.1 Å². The largest absolute Gasteiger partial charge is 0.395 e. The molecule has 1 unspecified atom stereocenters. The molecule has 1 heterocycles. The summed E-state index contributed by atoms with van der Waals surface area (Å²) in [7, 11) is 0. The van der Waals surface area contributed by atoms with Gasteiger partial charge in [0.15, 0.2) is 0 Å². The molecule has 2 N–H and O–H groups in total. The lowest BCUT2D eigenvalue weighted by Crippen LogP contribution is -2.49. The minimum atomic E-state index is -0.314. The van der Waals surface area contributed by atoms with Crippen LogP contribution in [0.1, 0.15) is 51.1 Å². The number of aliphatic hydroxyl groups excluding tert-OH is 1. The van der Waals surface area contributed by atoms with Crippen molar-refractivity contribution in [2.45, 2.75) is 50.9 Å². The Kier molecular flexibility index (Phi) is 3.82. The molecule has 2 rings (SSSR count). The molecule has 0 spiro atoms. The van der Waals surface area contributed by atoms with E-state index in [1.54, 1.807) is 0 Å². The van der Waals surface area contributed by atoms with E-state index in [1.165, 1.54) is 19.3 Å². The molecule has 0 radical (unpaired) electrons. The van der Waals surface area contributed by atoms with Gasteiger partial charge in [-0.05, 0) is 31.4 Å². The zero-order valence-corrected chi connectivity index (χ0v) is 11.2. The summed E-state index contributed by atoms with van der Waals surface area (Å²) in [5, 5.41) is 10.1. The highest BCUT2D eigenvalue weighted by molar-refractivity contribution is 5.30. The molecular formula is C16H23NO. The van der Waals surface area contributed by atoms with Crippen molar-refractivity contribution in [1.82, 2.24) is 4.98 Å². The van der Waals surface area contributed by atoms with Gasteiger partial charge in [-0.15, -0.1) is 6.42 Å². The van der Waals surface area contributed by atoms with Crippen LogP contribution in [0, 0.1) is 17.8 Å². The van der Waals surface area contributed by atoms with E-state index < -0.39 is 0 Å². The fourth-order valence-corrected chi connectivity index (χ4v) is 3.68. The van der Waals surface area contributed by atoms with E-state index in [9.17, 15) is 5.11 Å². The Morgan fingerprint density at radius 2 is 2.17 bits per heavy atom. The van der Waals surface area contributed by atoms with E-state index >= 15 is 0 Å². The second-order valence-corrected chi connectivity index (χ2v) is 5.46. The third-order valence-electron chi connectivity index (χ3n) is 4.89. The average Bonchev–Trinajstić information content (AvgIpc) is 2.96. The van der Waals surface area contributed by atoms with E-state index in [-0.39, 0.29) is 17.4 Å². The molecule has 1 fully saturated rings. The maximum Gasteiger partial charge on any atom is 0.0556 e. The third kappa shape index (κ3) is 1.78. The smallest absolute Gasteiger partial charge is 0.0556 e. The van der Waals surface area contributed by atoms with Gasteiger partial charge in [0.2, 0.25) is 0 Å². The highest BCUT2D eigenvalue weighted by Crippen LogP contribution is 2.52. The lowest BCUT2D eigenvalue weighted by molar-refractivity contribution is 0.0545. The second-order valence-electron chi connectivity index (χ2n) is 5.46. The summed E-state index contributed by atoms with van der Waals surface area (Å²) in [6, 6.07) is 4.05. The molecule has 0 aromatic carbocycles. The Labute approximate surface area is 110 Å². The van der Waals surface area contributed by atoms with Crippen molar-refractivity contribution in [1.29, 1.82) is 0 Å². The maximum absolute atomic E-state index is 10.1. The predicted molar refractivity (Wildman–Crippen MR) is 74.2 cm³/mol. The van der Waals surface area contributed by atoms with Crippen molar-refractivity contribution >= 4 is 0 Å². The SMILES string of the molecule is C#CC1(C(CC)(CO)c2ccc[nH]2)CCCCC1. The molecule has 1 aliphatic rings. The van der Waals surface area contributed by atoms with Crippen LogP contribution < -0.4 is 0 Å². The van der Waals surface area contributed by atoms with Gasteiger partial charge in [-0.1, -0.05) is 32.1 Å². The quantitative estimate of drug-likeness (QED) is 0.785. The standard InChI is InChI=1S/C16H23NO/c1-3-15(10-6-5-7-11-15)16(4-2,13-18)14-9-8-12-17-14/h1,8-9,12,17-18H,4-7,10-11,13H2,2H3. The molecule has 18 heavy (non-hydrogen) atoms. The van der Waals surface area contributed by atoms with E-state index in [4.69, 9.17) is 6.42 Å². The minimum absolute atomic E-state index is 0.119. The molecule has 1 aromatic heterocycles. The molecule has 2 heteroatoms. The van der Waals surface area contributed by atoms with E-state index in [1.807, 2.05) is 12.3 Å². The first kappa shape index (κ1) is 13.2. The van der Waals surface area contributed by atoms with E-state index in [0.29, 0.717) is 0 Å². The van der Waals surface area contributed by atoms with Crippen molar-refractivity contribution in [2.24, 2.45) is 5.41 Å². The number of terminal acetylenes is 1. The normalized spacial score (nSPS) is 22.1. The Balaban J connectivity index is 2.49. The van der Waals surface area contributed by atoms with Crippen LogP contribution in [0.4, 0.5) is 0 Å². The van der Waals surface area contributed by atoms with Crippen LogP contribution in [0.3, 0.4) is 0 Å². The molecule has 2 nitrogen and oxygen atoms in total. The highest BCUT2D eigenvalue weighted by atomic mass is 16.3. The van der Waals surface area contributed by atoms with Gasteiger partial charge in [-0.3, -0.25) is 0 Å². The molecule has 0 amide bonds. The zero-order valence-electron chi connectivity index (χ0n) is 11.2. The molecule has 0 bridgehead atoms. The molecule has 0 aliphatic heterocycles. The van der Waals surface area contributed by atoms with Gasteiger partial charge in [-0.2, -0.15) is 0 Å². The van der Waals surface area contributed by atoms with E-state index in [0.717, 1.165) is 25.0 Å². The number of aromatic nitrogens is 1. The second kappa shape index (κ2) is 5.20. The van der Waals surface area contributed by atoms with Crippen LogP contribution in [0.2, 0.25) is 0 Å². The van der Waals surface area contributed by atoms with Gasteiger partial charge >= 0.3 is 0 Å². The van der Waals surface area contributed by atoms with E-state index in [2.05, 4.69) is 23.9 Å². The van der Waals surface area contributed by atoms with Crippen molar-refractivity contribution in [3.8, 4) is 12.3 Å². The maximum atomic E-state index is 10.1. The van der Waals surface area contributed by atoms with Crippen LogP contribution in [0.15, 0.2) is 18.3 Å². The number of aliphatic hydroxyl groups is 1. The summed E-state index contributed by atoms with van der Waals surface area (Å²) in [6.45, 7) is 2.25. The van der Waals surface area contributed by atoms with Crippen molar-refractivity contribution in [3.63, 3.8) is 0 Å². The van der Waals surface area contributed by atoms with Crippen molar-refractivity contribution in [3.05, 3.63) is 24.0 Å². The number of aromatic amines is 1. The summed E-state index contributed by atoms with van der Waals surface area (Å²) in [5.74, 6) is 3.07. The molecule has 1 saturated carbocycles. The van der Waals surface area contributed by atoms with Crippen LogP contribution in [0.5, 0.6) is 0 Å². The Morgan fingerprint density at radius 3 is 2.61 bits per heavy atom. The van der Waals surface area contributed by atoms with Gasteiger partial charge in [0.1, 0.15) is 0 Å². The fourth-order valence-electron chi connectivity index (χ4n) is 3.68. The number of H-pyrrole nitrogens is 1. The van der Waals surface area contributed by atoms with Gasteiger partial charge in [0.05, 0.1) is 6.61 Å². The Hall–Kier alpha value is -1.20. The lowest BCUT2D eigenvalue weighted by atomic mass is 9.55. The molecule has 1 aromatic rings. The first-order valence-corrected chi connectivity index (χ1v) is 6.97. The monoisotopic (exact) mass is 245 g/mol. The van der Waals surface area contributed by atoms with Crippen LogP contribution in [-0.4, -0.2) is 16.7 Å². The lowest BCUT2D eigenvalue weighted by Gasteiger charge is -2.48. The summed E-state index contributed by atoms with van der Waals surface area (Å²) in [6.07, 6.45) is 14.4. The Morgan fingerprint density at radius 1 is 1.44 bits per heavy atom. The number of hydrogen-bond donors (Lipinski definition) is 2. The van der Waals surface area contributed by atoms with Gasteiger partial charge in [-0.25, -0.2) is 0 Å².